The molecule has 2 aromatic rings. The van der Waals surface area contributed by atoms with Crippen LogP contribution in [0.25, 0.3) is 0 Å². The molecule has 0 atom stereocenters. The van der Waals surface area contributed by atoms with Crippen molar-refractivity contribution in [3.05, 3.63) is 41.6 Å². The van der Waals surface area contributed by atoms with Crippen molar-refractivity contribution in [2.45, 2.75) is 19.3 Å². The number of nitrogen functional groups attached to an aromatic ring is 1. The Hall–Kier alpha value is -2.28. The van der Waals surface area contributed by atoms with Gasteiger partial charge in [0, 0.05) is 11.8 Å². The molecule has 0 aliphatic rings. The highest BCUT2D eigenvalue weighted by Gasteiger charge is 2.11. The number of aryl methyl sites for hydroxylation is 1. The maximum absolute atomic E-state index is 13.6. The van der Waals surface area contributed by atoms with Crippen LogP contribution in [0.5, 0.6) is 0 Å². The van der Waals surface area contributed by atoms with Gasteiger partial charge in [-0.3, -0.25) is 0 Å². The van der Waals surface area contributed by atoms with E-state index in [1.165, 1.54) is 6.07 Å². The van der Waals surface area contributed by atoms with Crippen LogP contribution in [0.15, 0.2) is 24.4 Å². The Bertz CT molecular complexity index is 641. The zero-order chi connectivity index (χ0) is 16.8. The smallest absolute Gasteiger partial charge is 0.229 e. The van der Waals surface area contributed by atoms with Crippen molar-refractivity contribution in [2.75, 3.05) is 31.7 Å². The first-order valence-electron chi connectivity index (χ1n) is 7.44. The number of nitrogens with zero attached hydrogens (tertiary/aromatic N) is 3. The molecule has 23 heavy (non-hydrogen) atoms. The Morgan fingerprint density at radius 2 is 1.87 bits per heavy atom. The third-order valence-corrected chi connectivity index (χ3v) is 3.40. The predicted octanol–water partition coefficient (Wildman–Crippen LogP) is 2.96. The van der Waals surface area contributed by atoms with Gasteiger partial charge in [0.2, 0.25) is 5.95 Å². The lowest BCUT2D eigenvalue weighted by molar-refractivity contribution is 0.394. The third-order valence-electron chi connectivity index (χ3n) is 3.40. The van der Waals surface area contributed by atoms with Gasteiger partial charge in [0.25, 0.3) is 0 Å². The standard InChI is InChI=1S/C16H21F2N5/c1-23(2)9-4-3-6-11-10-20-16(22-15(11)19)21-14-12(17)7-5-8-13(14)18/h5,7-8,10H,3-4,6,9H2,1-2H3,(H3,19,20,21,22). The van der Waals surface area contributed by atoms with Gasteiger partial charge in [-0.2, -0.15) is 4.98 Å². The predicted molar refractivity (Wildman–Crippen MR) is 87.6 cm³/mol. The summed E-state index contributed by atoms with van der Waals surface area (Å²) in [4.78, 5) is 10.3. The second-order valence-corrected chi connectivity index (χ2v) is 5.59. The molecule has 0 fully saturated rings. The monoisotopic (exact) mass is 321 g/mol. The number of nitrogens with two attached hydrogens (primary N) is 1. The number of nitrogens with one attached hydrogen (secondary N) is 1. The summed E-state index contributed by atoms with van der Waals surface area (Å²) >= 11 is 0. The molecule has 2 rings (SSSR count). The molecule has 0 bridgehead atoms. The van der Waals surface area contributed by atoms with E-state index in [4.69, 9.17) is 5.73 Å². The molecule has 0 aliphatic carbocycles. The fraction of sp³-hybridized carbons (Fsp3) is 0.375. The van der Waals surface area contributed by atoms with E-state index in [0.29, 0.717) is 5.82 Å². The number of unbranched alkanes of at least 4 members (excludes halogenated alkanes) is 1. The van der Waals surface area contributed by atoms with E-state index in [2.05, 4.69) is 20.2 Å². The first-order valence-corrected chi connectivity index (χ1v) is 7.44. The molecular weight excluding hydrogens is 300 g/mol. The van der Waals surface area contributed by atoms with E-state index in [1.54, 1.807) is 6.20 Å². The largest absolute Gasteiger partial charge is 0.383 e. The second kappa shape index (κ2) is 7.82. The van der Waals surface area contributed by atoms with Crippen molar-refractivity contribution in [1.29, 1.82) is 0 Å². The van der Waals surface area contributed by atoms with Gasteiger partial charge >= 0.3 is 0 Å². The van der Waals surface area contributed by atoms with Crippen molar-refractivity contribution >= 4 is 17.5 Å². The maximum atomic E-state index is 13.6. The van der Waals surface area contributed by atoms with Crippen LogP contribution < -0.4 is 11.1 Å². The molecule has 1 aromatic heterocycles. The van der Waals surface area contributed by atoms with Crippen molar-refractivity contribution in [2.24, 2.45) is 0 Å². The summed E-state index contributed by atoms with van der Waals surface area (Å²) in [6.45, 7) is 1.01. The summed E-state index contributed by atoms with van der Waals surface area (Å²) < 4.78 is 27.2. The van der Waals surface area contributed by atoms with Crippen LogP contribution in [0.4, 0.5) is 26.2 Å². The number of para-hydroxylation sites is 1. The number of aromatic nitrogens is 2. The summed E-state index contributed by atoms with van der Waals surface area (Å²) in [5.74, 6) is -1.02. The van der Waals surface area contributed by atoms with Crippen LogP contribution in [-0.2, 0) is 6.42 Å². The molecule has 0 saturated carbocycles. The maximum Gasteiger partial charge on any atom is 0.229 e. The zero-order valence-corrected chi connectivity index (χ0v) is 13.3. The van der Waals surface area contributed by atoms with Gasteiger partial charge in [0.05, 0.1) is 0 Å². The topological polar surface area (TPSA) is 67.1 Å². The molecule has 5 nitrogen and oxygen atoms in total. The SMILES string of the molecule is CN(C)CCCCc1cnc(Nc2c(F)cccc2F)nc1N. The number of hydrogen-bond acceptors (Lipinski definition) is 5. The highest BCUT2D eigenvalue weighted by Crippen LogP contribution is 2.22. The number of hydrogen-bond donors (Lipinski definition) is 2. The fourth-order valence-electron chi connectivity index (χ4n) is 2.15. The molecular formula is C16H21F2N5. The van der Waals surface area contributed by atoms with E-state index in [9.17, 15) is 8.78 Å². The van der Waals surface area contributed by atoms with E-state index in [0.717, 1.165) is 43.5 Å². The van der Waals surface area contributed by atoms with Crippen molar-refractivity contribution in [1.82, 2.24) is 14.9 Å². The number of rotatable bonds is 7. The Morgan fingerprint density at radius 1 is 1.17 bits per heavy atom. The average molecular weight is 321 g/mol. The molecule has 1 aromatic carbocycles. The minimum absolute atomic E-state index is 0.0727. The van der Waals surface area contributed by atoms with Crippen LogP contribution in [0, 0.1) is 11.6 Å². The average Bonchev–Trinajstić information content (AvgIpc) is 2.49. The van der Waals surface area contributed by atoms with Crippen LogP contribution >= 0.6 is 0 Å². The van der Waals surface area contributed by atoms with Crippen molar-refractivity contribution in [3.8, 4) is 0 Å². The van der Waals surface area contributed by atoms with Crippen molar-refractivity contribution < 1.29 is 8.78 Å². The fourth-order valence-corrected chi connectivity index (χ4v) is 2.15. The molecule has 7 heteroatoms. The van der Waals surface area contributed by atoms with Gasteiger partial charge in [-0.05, 0) is 52.0 Å². The molecule has 0 unspecified atom stereocenters. The van der Waals surface area contributed by atoms with Crippen LogP contribution in [0.1, 0.15) is 18.4 Å². The Labute approximate surface area is 134 Å². The Balaban J connectivity index is 2.02. The molecule has 3 N–H and O–H groups in total. The first kappa shape index (κ1) is 17.1. The molecule has 0 spiro atoms. The summed E-state index contributed by atoms with van der Waals surface area (Å²) in [5, 5.41) is 2.53. The van der Waals surface area contributed by atoms with Gasteiger partial charge in [-0.25, -0.2) is 13.8 Å². The Kier molecular flexibility index (Phi) is 5.81. The second-order valence-electron chi connectivity index (χ2n) is 5.59. The first-order chi connectivity index (χ1) is 11.0. The quantitative estimate of drug-likeness (QED) is 0.768. The zero-order valence-electron chi connectivity index (χ0n) is 13.3. The molecule has 0 amide bonds. The summed E-state index contributed by atoms with van der Waals surface area (Å²) in [6.07, 6.45) is 4.39. The van der Waals surface area contributed by atoms with Gasteiger partial charge in [-0.15, -0.1) is 0 Å². The normalized spacial score (nSPS) is 11.0. The van der Waals surface area contributed by atoms with Gasteiger partial charge in [-0.1, -0.05) is 6.07 Å². The third kappa shape index (κ3) is 4.85. The lowest BCUT2D eigenvalue weighted by Gasteiger charge is -2.11. The molecule has 124 valence electrons. The number of halogens is 2. The molecule has 1 heterocycles. The minimum Gasteiger partial charge on any atom is -0.383 e. The lowest BCUT2D eigenvalue weighted by Crippen LogP contribution is -2.13. The van der Waals surface area contributed by atoms with E-state index in [1.807, 2.05) is 14.1 Å². The van der Waals surface area contributed by atoms with E-state index in [-0.39, 0.29) is 11.6 Å². The summed E-state index contributed by atoms with van der Waals surface area (Å²) in [7, 11) is 4.06. The van der Waals surface area contributed by atoms with Gasteiger partial charge < -0.3 is 16.0 Å². The van der Waals surface area contributed by atoms with Gasteiger partial charge in [0.15, 0.2) is 0 Å². The summed E-state index contributed by atoms with van der Waals surface area (Å²) in [6, 6.07) is 3.61. The molecule has 0 radical (unpaired) electrons. The Morgan fingerprint density at radius 3 is 2.48 bits per heavy atom. The van der Waals surface area contributed by atoms with Crippen LogP contribution in [0.3, 0.4) is 0 Å². The number of anilines is 3. The minimum atomic E-state index is -0.708. The molecule has 0 aliphatic heterocycles. The lowest BCUT2D eigenvalue weighted by atomic mass is 10.1. The van der Waals surface area contributed by atoms with E-state index >= 15 is 0 Å². The highest BCUT2D eigenvalue weighted by atomic mass is 19.1. The number of benzene rings is 1. The summed E-state index contributed by atoms with van der Waals surface area (Å²) in [5.41, 5.74) is 6.45. The van der Waals surface area contributed by atoms with Crippen LogP contribution in [0.2, 0.25) is 0 Å². The van der Waals surface area contributed by atoms with Gasteiger partial charge in [0.1, 0.15) is 23.1 Å². The van der Waals surface area contributed by atoms with Crippen LogP contribution in [-0.4, -0.2) is 35.5 Å². The highest BCUT2D eigenvalue weighted by molar-refractivity contribution is 5.56. The van der Waals surface area contributed by atoms with E-state index < -0.39 is 11.6 Å². The van der Waals surface area contributed by atoms with Crippen molar-refractivity contribution in [3.63, 3.8) is 0 Å². The molecule has 0 saturated heterocycles.